The Hall–Kier alpha value is -1.09. The molecule has 1 aromatic heterocycles. The van der Waals surface area contributed by atoms with E-state index in [2.05, 4.69) is 77.6 Å². The van der Waals surface area contributed by atoms with Gasteiger partial charge in [0.1, 0.15) is 10.4 Å². The van der Waals surface area contributed by atoms with Crippen LogP contribution in [0.1, 0.15) is 43.4 Å². The van der Waals surface area contributed by atoms with Crippen LogP contribution in [0.5, 0.6) is 0 Å². The van der Waals surface area contributed by atoms with Crippen molar-refractivity contribution in [1.82, 2.24) is 9.55 Å². The van der Waals surface area contributed by atoms with Crippen molar-refractivity contribution >= 4 is 15.9 Å². The Morgan fingerprint density at radius 1 is 1.16 bits per heavy atom. The first-order chi connectivity index (χ1) is 8.79. The van der Waals surface area contributed by atoms with Crippen molar-refractivity contribution in [2.24, 2.45) is 7.05 Å². The molecule has 1 aromatic carbocycles. The van der Waals surface area contributed by atoms with E-state index in [1.807, 2.05) is 6.92 Å². The third-order valence-electron chi connectivity index (χ3n) is 3.58. The second kappa shape index (κ2) is 5.12. The molecule has 0 saturated carbocycles. The van der Waals surface area contributed by atoms with Crippen molar-refractivity contribution in [3.05, 3.63) is 51.5 Å². The van der Waals surface area contributed by atoms with Gasteiger partial charge in [0.25, 0.3) is 0 Å². The average molecular weight is 321 g/mol. The molecule has 0 aliphatic rings. The lowest BCUT2D eigenvalue weighted by Crippen LogP contribution is -2.10. The molecule has 0 aliphatic carbocycles. The van der Waals surface area contributed by atoms with Crippen molar-refractivity contribution in [1.29, 1.82) is 0 Å². The quantitative estimate of drug-likeness (QED) is 0.803. The molecule has 102 valence electrons. The lowest BCUT2D eigenvalue weighted by atomic mass is 9.86. The minimum absolute atomic E-state index is 0.211. The van der Waals surface area contributed by atoms with Crippen LogP contribution in [0.2, 0.25) is 0 Å². The van der Waals surface area contributed by atoms with E-state index in [0.717, 1.165) is 16.8 Å². The summed E-state index contributed by atoms with van der Waals surface area (Å²) in [6.07, 6.45) is 0.905. The minimum atomic E-state index is 0.211. The molecule has 0 aliphatic heterocycles. The summed E-state index contributed by atoms with van der Waals surface area (Å²) in [5.41, 5.74) is 4.12. The molecular weight excluding hydrogens is 300 g/mol. The molecular formula is C16H21BrN2. The minimum Gasteiger partial charge on any atom is -0.334 e. The lowest BCUT2D eigenvalue weighted by Gasteiger charge is -2.19. The third kappa shape index (κ3) is 3.08. The van der Waals surface area contributed by atoms with Crippen LogP contribution in [0.25, 0.3) is 0 Å². The largest absolute Gasteiger partial charge is 0.334 e. The summed E-state index contributed by atoms with van der Waals surface area (Å²) in [5, 5.41) is 0. The van der Waals surface area contributed by atoms with Gasteiger partial charge in [-0.2, -0.15) is 0 Å². The fourth-order valence-electron chi connectivity index (χ4n) is 2.12. The standard InChI is InChI=1S/C16H21BrN2/c1-11-18-15(17)14(19(11)5)10-12-6-8-13(9-7-12)16(2,3)4/h6-9H,10H2,1-5H3. The van der Waals surface area contributed by atoms with Crippen LogP contribution in [0.3, 0.4) is 0 Å². The normalized spacial score (nSPS) is 11.9. The molecule has 0 amide bonds. The fraction of sp³-hybridized carbons (Fsp3) is 0.438. The molecule has 2 nitrogen and oxygen atoms in total. The Labute approximate surface area is 124 Å². The highest BCUT2D eigenvalue weighted by Crippen LogP contribution is 2.24. The number of aryl methyl sites for hydroxylation is 1. The molecule has 1 heterocycles. The van der Waals surface area contributed by atoms with Gasteiger partial charge in [-0.1, -0.05) is 45.0 Å². The Morgan fingerprint density at radius 3 is 2.16 bits per heavy atom. The predicted molar refractivity (Wildman–Crippen MR) is 83.6 cm³/mol. The molecule has 2 aromatic rings. The van der Waals surface area contributed by atoms with E-state index in [1.54, 1.807) is 0 Å². The maximum absolute atomic E-state index is 4.44. The number of aromatic nitrogens is 2. The van der Waals surface area contributed by atoms with E-state index in [-0.39, 0.29) is 5.41 Å². The molecule has 0 N–H and O–H groups in total. The summed E-state index contributed by atoms with van der Waals surface area (Å²) >= 11 is 3.54. The Bertz CT molecular complexity index is 574. The van der Waals surface area contributed by atoms with E-state index in [4.69, 9.17) is 0 Å². The van der Waals surface area contributed by atoms with Crippen molar-refractivity contribution < 1.29 is 0 Å². The zero-order chi connectivity index (χ0) is 14.2. The lowest BCUT2D eigenvalue weighted by molar-refractivity contribution is 0.590. The molecule has 0 bridgehead atoms. The number of benzene rings is 1. The first-order valence-corrected chi connectivity index (χ1v) is 7.35. The fourth-order valence-corrected chi connectivity index (χ4v) is 2.79. The number of halogens is 1. The van der Waals surface area contributed by atoms with Gasteiger partial charge in [-0.25, -0.2) is 4.98 Å². The number of hydrogen-bond donors (Lipinski definition) is 0. The Balaban J connectivity index is 2.25. The molecule has 0 spiro atoms. The zero-order valence-corrected chi connectivity index (χ0v) is 13.9. The maximum Gasteiger partial charge on any atom is 0.127 e. The van der Waals surface area contributed by atoms with E-state index >= 15 is 0 Å². The topological polar surface area (TPSA) is 17.8 Å². The summed E-state index contributed by atoms with van der Waals surface area (Å²) in [4.78, 5) is 4.44. The summed E-state index contributed by atoms with van der Waals surface area (Å²) in [5.74, 6) is 1.04. The first-order valence-electron chi connectivity index (χ1n) is 6.56. The molecule has 0 saturated heterocycles. The number of rotatable bonds is 2. The van der Waals surface area contributed by atoms with Crippen LogP contribution in [0.15, 0.2) is 28.9 Å². The van der Waals surface area contributed by atoms with E-state index in [1.165, 1.54) is 16.8 Å². The SMILES string of the molecule is Cc1nc(Br)c(Cc2ccc(C(C)(C)C)cc2)n1C. The van der Waals surface area contributed by atoms with E-state index < -0.39 is 0 Å². The first kappa shape index (κ1) is 14.3. The van der Waals surface area contributed by atoms with Crippen LogP contribution in [-0.4, -0.2) is 9.55 Å². The number of nitrogens with zero attached hydrogens (tertiary/aromatic N) is 2. The second-order valence-corrected chi connectivity index (χ2v) is 6.83. The van der Waals surface area contributed by atoms with Gasteiger partial charge in [0.15, 0.2) is 0 Å². The molecule has 0 fully saturated rings. The van der Waals surface area contributed by atoms with Crippen LogP contribution < -0.4 is 0 Å². The maximum atomic E-state index is 4.44. The zero-order valence-electron chi connectivity index (χ0n) is 12.3. The summed E-state index contributed by atoms with van der Waals surface area (Å²) in [6, 6.07) is 8.89. The molecule has 19 heavy (non-hydrogen) atoms. The number of hydrogen-bond acceptors (Lipinski definition) is 1. The summed E-state index contributed by atoms with van der Waals surface area (Å²) in [7, 11) is 2.06. The Kier molecular flexibility index (Phi) is 3.86. The van der Waals surface area contributed by atoms with Crippen molar-refractivity contribution in [3.8, 4) is 0 Å². The van der Waals surface area contributed by atoms with Gasteiger partial charge in [0.2, 0.25) is 0 Å². The van der Waals surface area contributed by atoms with Crippen molar-refractivity contribution in [3.63, 3.8) is 0 Å². The van der Waals surface area contributed by atoms with Gasteiger partial charge in [0.05, 0.1) is 5.69 Å². The summed E-state index contributed by atoms with van der Waals surface area (Å²) in [6.45, 7) is 8.74. The van der Waals surface area contributed by atoms with Crippen LogP contribution in [0.4, 0.5) is 0 Å². The van der Waals surface area contributed by atoms with Gasteiger partial charge in [-0.15, -0.1) is 0 Å². The van der Waals surface area contributed by atoms with Gasteiger partial charge < -0.3 is 4.57 Å². The van der Waals surface area contributed by atoms with Crippen LogP contribution in [-0.2, 0) is 18.9 Å². The highest BCUT2D eigenvalue weighted by Gasteiger charge is 2.14. The van der Waals surface area contributed by atoms with Crippen molar-refractivity contribution in [2.45, 2.75) is 39.5 Å². The summed E-state index contributed by atoms with van der Waals surface area (Å²) < 4.78 is 3.09. The average Bonchev–Trinajstić information content (AvgIpc) is 2.56. The second-order valence-electron chi connectivity index (χ2n) is 6.08. The molecule has 3 heteroatoms. The van der Waals surface area contributed by atoms with Gasteiger partial charge in [0, 0.05) is 13.5 Å². The van der Waals surface area contributed by atoms with E-state index in [9.17, 15) is 0 Å². The smallest absolute Gasteiger partial charge is 0.127 e. The number of imidazole rings is 1. The molecule has 2 rings (SSSR count). The third-order valence-corrected chi connectivity index (χ3v) is 4.21. The van der Waals surface area contributed by atoms with Crippen molar-refractivity contribution in [2.75, 3.05) is 0 Å². The predicted octanol–water partition coefficient (Wildman–Crippen LogP) is 4.38. The van der Waals surface area contributed by atoms with Gasteiger partial charge >= 0.3 is 0 Å². The highest BCUT2D eigenvalue weighted by atomic mass is 79.9. The van der Waals surface area contributed by atoms with Crippen LogP contribution >= 0.6 is 15.9 Å². The van der Waals surface area contributed by atoms with E-state index in [0.29, 0.717) is 0 Å². The molecule has 0 unspecified atom stereocenters. The molecule has 0 atom stereocenters. The van der Waals surface area contributed by atoms with Crippen LogP contribution in [0, 0.1) is 6.92 Å². The van der Waals surface area contributed by atoms with Gasteiger partial charge in [-0.05, 0) is 39.4 Å². The molecule has 0 radical (unpaired) electrons. The van der Waals surface area contributed by atoms with Gasteiger partial charge in [-0.3, -0.25) is 0 Å². The highest BCUT2D eigenvalue weighted by molar-refractivity contribution is 9.10. The monoisotopic (exact) mass is 320 g/mol. The Morgan fingerprint density at radius 2 is 1.74 bits per heavy atom.